The first-order valence-corrected chi connectivity index (χ1v) is 4.80. The Morgan fingerprint density at radius 1 is 1.20 bits per heavy atom. The third kappa shape index (κ3) is 2.46. The Hall–Kier alpha value is -1.58. The van der Waals surface area contributed by atoms with Crippen LogP contribution in [0.15, 0.2) is 16.5 Å². The third-order valence-corrected chi connectivity index (χ3v) is 2.47. The van der Waals surface area contributed by atoms with Gasteiger partial charge in [0.1, 0.15) is 0 Å². The number of hydrogen-bond donors (Lipinski definition) is 1. The molecule has 1 heterocycles. The Labute approximate surface area is 87.9 Å². The first-order chi connectivity index (χ1) is 6.93. The maximum atomic E-state index is 11.7. The minimum atomic E-state index is -1.16. The van der Waals surface area contributed by atoms with Crippen LogP contribution < -0.4 is 0 Å². The van der Waals surface area contributed by atoms with Crippen molar-refractivity contribution in [1.82, 2.24) is 0 Å². The molecule has 0 aliphatic carbocycles. The molecule has 0 amide bonds. The largest absolute Gasteiger partial charge is 0.475 e. The second-order valence-corrected chi connectivity index (χ2v) is 3.87. The van der Waals surface area contributed by atoms with E-state index in [9.17, 15) is 9.59 Å². The molecule has 1 atom stereocenters. The zero-order chi connectivity index (χ0) is 11.6. The fourth-order valence-corrected chi connectivity index (χ4v) is 1.11. The molecule has 15 heavy (non-hydrogen) atoms. The van der Waals surface area contributed by atoms with Crippen LogP contribution in [0.1, 0.15) is 41.9 Å². The fourth-order valence-electron chi connectivity index (χ4n) is 1.11. The zero-order valence-electron chi connectivity index (χ0n) is 8.98. The summed E-state index contributed by atoms with van der Waals surface area (Å²) in [7, 11) is 0. The second-order valence-electron chi connectivity index (χ2n) is 3.87. The van der Waals surface area contributed by atoms with Crippen molar-refractivity contribution in [3.05, 3.63) is 23.7 Å². The van der Waals surface area contributed by atoms with Crippen LogP contribution >= 0.6 is 0 Å². The van der Waals surface area contributed by atoms with Crippen LogP contribution in [0.4, 0.5) is 0 Å². The van der Waals surface area contributed by atoms with Crippen molar-refractivity contribution in [2.45, 2.75) is 20.8 Å². The van der Waals surface area contributed by atoms with Crippen molar-refractivity contribution in [2.24, 2.45) is 11.8 Å². The molecule has 0 saturated carbocycles. The van der Waals surface area contributed by atoms with Gasteiger partial charge in [-0.05, 0) is 18.1 Å². The maximum absolute atomic E-state index is 11.7. The molecule has 0 bridgehead atoms. The molecule has 0 fully saturated rings. The van der Waals surface area contributed by atoms with Gasteiger partial charge in [-0.15, -0.1) is 0 Å². The lowest BCUT2D eigenvalue weighted by molar-refractivity contribution is 0.0658. The molecule has 0 aliphatic rings. The predicted molar refractivity (Wildman–Crippen MR) is 54.0 cm³/mol. The normalized spacial score (nSPS) is 12.8. The lowest BCUT2D eigenvalue weighted by atomic mass is 9.92. The number of ketones is 1. The summed E-state index contributed by atoms with van der Waals surface area (Å²) in [4.78, 5) is 22.3. The van der Waals surface area contributed by atoms with Crippen LogP contribution in [0, 0.1) is 11.8 Å². The summed E-state index contributed by atoms with van der Waals surface area (Å²) in [5.74, 6) is -1.36. The van der Waals surface area contributed by atoms with E-state index in [0.29, 0.717) is 0 Å². The van der Waals surface area contributed by atoms with Gasteiger partial charge >= 0.3 is 5.97 Å². The highest BCUT2D eigenvalue weighted by molar-refractivity contribution is 5.96. The summed E-state index contributed by atoms with van der Waals surface area (Å²) in [6.45, 7) is 5.67. The van der Waals surface area contributed by atoms with E-state index < -0.39 is 5.97 Å². The van der Waals surface area contributed by atoms with Gasteiger partial charge in [-0.1, -0.05) is 20.8 Å². The van der Waals surface area contributed by atoms with Gasteiger partial charge in [0.15, 0.2) is 5.76 Å². The molecule has 1 rings (SSSR count). The first-order valence-electron chi connectivity index (χ1n) is 4.80. The Bertz CT molecular complexity index is 376. The summed E-state index contributed by atoms with van der Waals surface area (Å²) < 4.78 is 4.93. The number of Topliss-reactive ketones (excluding diaryl/α,β-unsaturated/α-hetero) is 1. The van der Waals surface area contributed by atoms with Crippen molar-refractivity contribution in [3.8, 4) is 0 Å². The number of carboxylic acids is 1. The number of carboxylic acid groups (broad SMARTS) is 1. The molecule has 1 unspecified atom stereocenters. The summed E-state index contributed by atoms with van der Waals surface area (Å²) in [5, 5.41) is 8.62. The molecular weight excluding hydrogens is 196 g/mol. The van der Waals surface area contributed by atoms with Crippen molar-refractivity contribution >= 4 is 11.8 Å². The Kier molecular flexibility index (Phi) is 3.29. The second kappa shape index (κ2) is 4.29. The molecule has 4 heteroatoms. The van der Waals surface area contributed by atoms with Gasteiger partial charge in [0.2, 0.25) is 11.5 Å². The number of aromatic carboxylic acids is 1. The Balaban J connectivity index is 2.88. The molecule has 0 saturated heterocycles. The number of hydrogen-bond acceptors (Lipinski definition) is 3. The SMILES string of the molecule is CC(C)C(C)C(=O)c1ccc(C(=O)O)o1. The molecule has 4 nitrogen and oxygen atoms in total. The minimum absolute atomic E-state index is 0.119. The molecular formula is C11H14O4. The van der Waals surface area contributed by atoms with Gasteiger partial charge in [-0.3, -0.25) is 4.79 Å². The number of carbonyl (C=O) groups excluding carboxylic acids is 1. The van der Waals surface area contributed by atoms with E-state index in [-0.39, 0.29) is 29.1 Å². The first kappa shape index (κ1) is 11.5. The van der Waals surface area contributed by atoms with E-state index in [1.54, 1.807) is 6.92 Å². The van der Waals surface area contributed by atoms with Crippen molar-refractivity contribution in [3.63, 3.8) is 0 Å². The summed E-state index contributed by atoms with van der Waals surface area (Å²) in [6.07, 6.45) is 0. The minimum Gasteiger partial charge on any atom is -0.475 e. The lowest BCUT2D eigenvalue weighted by Gasteiger charge is -2.11. The fraction of sp³-hybridized carbons (Fsp3) is 0.455. The molecule has 1 aromatic rings. The van der Waals surface area contributed by atoms with Crippen LogP contribution in [0.2, 0.25) is 0 Å². The van der Waals surface area contributed by atoms with Crippen LogP contribution in [0.25, 0.3) is 0 Å². The van der Waals surface area contributed by atoms with Crippen molar-refractivity contribution in [2.75, 3.05) is 0 Å². The molecule has 1 aromatic heterocycles. The van der Waals surface area contributed by atoms with E-state index in [1.165, 1.54) is 12.1 Å². The highest BCUT2D eigenvalue weighted by Gasteiger charge is 2.22. The van der Waals surface area contributed by atoms with Gasteiger partial charge in [0.05, 0.1) is 0 Å². The summed E-state index contributed by atoms with van der Waals surface area (Å²) in [5.41, 5.74) is 0. The highest BCUT2D eigenvalue weighted by atomic mass is 16.4. The molecule has 0 aromatic carbocycles. The number of carbonyl (C=O) groups is 2. The van der Waals surface area contributed by atoms with E-state index in [0.717, 1.165) is 0 Å². The average molecular weight is 210 g/mol. The lowest BCUT2D eigenvalue weighted by Crippen LogP contribution is -2.16. The molecule has 0 aliphatic heterocycles. The van der Waals surface area contributed by atoms with E-state index in [2.05, 4.69) is 0 Å². The van der Waals surface area contributed by atoms with Crippen LogP contribution in [0.3, 0.4) is 0 Å². The van der Waals surface area contributed by atoms with Crippen LogP contribution in [0.5, 0.6) is 0 Å². The van der Waals surface area contributed by atoms with E-state index >= 15 is 0 Å². The Morgan fingerprint density at radius 2 is 1.73 bits per heavy atom. The van der Waals surface area contributed by atoms with Gasteiger partial charge < -0.3 is 9.52 Å². The average Bonchev–Trinajstić information content (AvgIpc) is 2.64. The van der Waals surface area contributed by atoms with E-state index in [4.69, 9.17) is 9.52 Å². The summed E-state index contributed by atoms with van der Waals surface area (Å²) >= 11 is 0. The highest BCUT2D eigenvalue weighted by Crippen LogP contribution is 2.18. The molecule has 0 radical (unpaired) electrons. The zero-order valence-corrected chi connectivity index (χ0v) is 8.98. The topological polar surface area (TPSA) is 67.5 Å². The van der Waals surface area contributed by atoms with E-state index in [1.807, 2.05) is 13.8 Å². The van der Waals surface area contributed by atoms with Gasteiger partial charge in [-0.2, -0.15) is 0 Å². The van der Waals surface area contributed by atoms with Crippen molar-refractivity contribution < 1.29 is 19.1 Å². The van der Waals surface area contributed by atoms with Gasteiger partial charge in [-0.25, -0.2) is 4.79 Å². The molecule has 82 valence electrons. The maximum Gasteiger partial charge on any atom is 0.371 e. The summed E-state index contributed by atoms with van der Waals surface area (Å²) in [6, 6.07) is 2.70. The quantitative estimate of drug-likeness (QED) is 0.775. The third-order valence-electron chi connectivity index (χ3n) is 2.47. The monoisotopic (exact) mass is 210 g/mol. The van der Waals surface area contributed by atoms with Gasteiger partial charge in [0.25, 0.3) is 0 Å². The van der Waals surface area contributed by atoms with Gasteiger partial charge in [0, 0.05) is 5.92 Å². The number of furan rings is 1. The molecule has 0 spiro atoms. The van der Waals surface area contributed by atoms with Crippen molar-refractivity contribution in [1.29, 1.82) is 0 Å². The van der Waals surface area contributed by atoms with Crippen LogP contribution in [-0.4, -0.2) is 16.9 Å². The number of rotatable bonds is 4. The standard InChI is InChI=1S/C11H14O4/c1-6(2)7(3)10(12)8-4-5-9(15-8)11(13)14/h4-7H,1-3H3,(H,13,14). The smallest absolute Gasteiger partial charge is 0.371 e. The van der Waals surface area contributed by atoms with Crippen LogP contribution in [-0.2, 0) is 0 Å². The molecule has 1 N–H and O–H groups in total. The predicted octanol–water partition coefficient (Wildman–Crippen LogP) is 2.45. The Morgan fingerprint density at radius 3 is 2.13 bits per heavy atom.